The molecular formula is C14H20O. The van der Waals surface area contributed by atoms with Crippen molar-refractivity contribution in [1.82, 2.24) is 0 Å². The smallest absolute Gasteiger partial charge is 0.162 e. The molecular weight excluding hydrogens is 184 g/mol. The first-order chi connectivity index (χ1) is 7.27. The maximum Gasteiger partial charge on any atom is 0.162 e. The van der Waals surface area contributed by atoms with Crippen molar-refractivity contribution in [3.05, 3.63) is 35.4 Å². The van der Waals surface area contributed by atoms with Gasteiger partial charge in [-0.05, 0) is 18.4 Å². The second-order valence-electron chi connectivity index (χ2n) is 3.93. The standard InChI is InChI=1S/C14H20O/c1-3-5-6-7-12-8-10-13(11-9-12)14(15)4-2/h8-11H,3-7H2,1-2H3. The molecule has 1 aromatic carbocycles. The van der Waals surface area contributed by atoms with E-state index >= 15 is 0 Å². The molecule has 0 N–H and O–H groups in total. The highest BCUT2D eigenvalue weighted by molar-refractivity contribution is 5.95. The SMILES string of the molecule is CCCCCc1ccc(C(=O)CC)cc1. The lowest BCUT2D eigenvalue weighted by Crippen LogP contribution is -1.96. The van der Waals surface area contributed by atoms with Crippen LogP contribution in [0, 0.1) is 0 Å². The highest BCUT2D eigenvalue weighted by Gasteiger charge is 2.01. The van der Waals surface area contributed by atoms with Gasteiger partial charge in [-0.2, -0.15) is 0 Å². The molecule has 0 aliphatic heterocycles. The van der Waals surface area contributed by atoms with Gasteiger partial charge in [0.25, 0.3) is 0 Å². The Morgan fingerprint density at radius 1 is 1.07 bits per heavy atom. The number of rotatable bonds is 6. The number of benzene rings is 1. The molecule has 0 unspecified atom stereocenters. The number of unbranched alkanes of at least 4 members (excludes halogenated alkanes) is 2. The minimum absolute atomic E-state index is 0.232. The highest BCUT2D eigenvalue weighted by Crippen LogP contribution is 2.10. The average Bonchev–Trinajstić information content (AvgIpc) is 2.29. The summed E-state index contributed by atoms with van der Waals surface area (Å²) < 4.78 is 0. The molecule has 0 saturated heterocycles. The van der Waals surface area contributed by atoms with Gasteiger partial charge in [-0.25, -0.2) is 0 Å². The Morgan fingerprint density at radius 2 is 1.73 bits per heavy atom. The fourth-order valence-corrected chi connectivity index (χ4v) is 1.64. The molecule has 0 radical (unpaired) electrons. The third-order valence-corrected chi connectivity index (χ3v) is 2.67. The first-order valence-electron chi connectivity index (χ1n) is 5.90. The summed E-state index contributed by atoms with van der Waals surface area (Å²) in [5, 5.41) is 0. The third-order valence-electron chi connectivity index (χ3n) is 2.67. The topological polar surface area (TPSA) is 17.1 Å². The molecule has 1 rings (SSSR count). The number of hydrogen-bond donors (Lipinski definition) is 0. The summed E-state index contributed by atoms with van der Waals surface area (Å²) in [6, 6.07) is 8.07. The van der Waals surface area contributed by atoms with Crippen LogP contribution < -0.4 is 0 Å². The van der Waals surface area contributed by atoms with E-state index in [9.17, 15) is 4.79 Å². The zero-order valence-electron chi connectivity index (χ0n) is 9.75. The molecule has 0 fully saturated rings. The van der Waals surface area contributed by atoms with E-state index in [-0.39, 0.29) is 5.78 Å². The van der Waals surface area contributed by atoms with Gasteiger partial charge in [-0.15, -0.1) is 0 Å². The van der Waals surface area contributed by atoms with Crippen molar-refractivity contribution < 1.29 is 4.79 Å². The summed E-state index contributed by atoms with van der Waals surface area (Å²) in [6.07, 6.45) is 5.52. The number of carbonyl (C=O) groups excluding carboxylic acids is 1. The monoisotopic (exact) mass is 204 g/mol. The van der Waals surface area contributed by atoms with E-state index in [1.807, 2.05) is 19.1 Å². The number of carbonyl (C=O) groups is 1. The predicted octanol–water partition coefficient (Wildman–Crippen LogP) is 4.01. The molecule has 1 nitrogen and oxygen atoms in total. The average molecular weight is 204 g/mol. The lowest BCUT2D eigenvalue weighted by Gasteiger charge is -2.02. The van der Waals surface area contributed by atoms with Gasteiger partial charge in [0.1, 0.15) is 0 Å². The van der Waals surface area contributed by atoms with Crippen LogP contribution in [-0.4, -0.2) is 5.78 Å². The predicted molar refractivity (Wildman–Crippen MR) is 64.3 cm³/mol. The van der Waals surface area contributed by atoms with Gasteiger partial charge in [0.15, 0.2) is 5.78 Å². The summed E-state index contributed by atoms with van der Waals surface area (Å²) in [6.45, 7) is 4.11. The fourth-order valence-electron chi connectivity index (χ4n) is 1.64. The Kier molecular flexibility index (Phi) is 5.09. The highest BCUT2D eigenvalue weighted by atomic mass is 16.1. The maximum absolute atomic E-state index is 11.4. The Morgan fingerprint density at radius 3 is 2.27 bits per heavy atom. The summed E-state index contributed by atoms with van der Waals surface area (Å²) in [5.74, 6) is 0.232. The summed E-state index contributed by atoms with van der Waals surface area (Å²) >= 11 is 0. The molecule has 1 heteroatoms. The quantitative estimate of drug-likeness (QED) is 0.505. The lowest BCUT2D eigenvalue weighted by atomic mass is 10.0. The maximum atomic E-state index is 11.4. The normalized spacial score (nSPS) is 10.3. The van der Waals surface area contributed by atoms with E-state index < -0.39 is 0 Å². The van der Waals surface area contributed by atoms with Crippen molar-refractivity contribution in [2.75, 3.05) is 0 Å². The van der Waals surface area contributed by atoms with Gasteiger partial charge < -0.3 is 0 Å². The number of ketones is 1. The molecule has 0 aliphatic carbocycles. The fraction of sp³-hybridized carbons (Fsp3) is 0.500. The van der Waals surface area contributed by atoms with Crippen LogP contribution in [0.15, 0.2) is 24.3 Å². The first kappa shape index (κ1) is 12.0. The molecule has 0 amide bonds. The minimum Gasteiger partial charge on any atom is -0.294 e. The first-order valence-corrected chi connectivity index (χ1v) is 5.90. The largest absolute Gasteiger partial charge is 0.294 e. The van der Waals surface area contributed by atoms with Crippen LogP contribution in [0.25, 0.3) is 0 Å². The summed E-state index contributed by atoms with van der Waals surface area (Å²) in [5.41, 5.74) is 2.19. The van der Waals surface area contributed by atoms with E-state index in [0.29, 0.717) is 6.42 Å². The Labute approximate surface area is 92.5 Å². The van der Waals surface area contributed by atoms with Crippen LogP contribution in [0.2, 0.25) is 0 Å². The van der Waals surface area contributed by atoms with Crippen molar-refractivity contribution in [2.24, 2.45) is 0 Å². The van der Waals surface area contributed by atoms with Crippen molar-refractivity contribution >= 4 is 5.78 Å². The van der Waals surface area contributed by atoms with Gasteiger partial charge in [-0.3, -0.25) is 4.79 Å². The van der Waals surface area contributed by atoms with Crippen LogP contribution in [-0.2, 0) is 6.42 Å². The molecule has 0 spiro atoms. The Bertz CT molecular complexity index is 298. The molecule has 0 saturated carbocycles. The van der Waals surface area contributed by atoms with Gasteiger partial charge in [0.2, 0.25) is 0 Å². The number of Topliss-reactive ketones (excluding diaryl/α,β-unsaturated/α-hetero) is 1. The molecule has 0 aromatic heterocycles. The van der Waals surface area contributed by atoms with Gasteiger partial charge in [0.05, 0.1) is 0 Å². The van der Waals surface area contributed by atoms with Crippen LogP contribution in [0.4, 0.5) is 0 Å². The molecule has 0 aliphatic rings. The second-order valence-corrected chi connectivity index (χ2v) is 3.93. The van der Waals surface area contributed by atoms with E-state index in [1.54, 1.807) is 0 Å². The van der Waals surface area contributed by atoms with Crippen molar-refractivity contribution in [3.63, 3.8) is 0 Å². The third kappa shape index (κ3) is 3.86. The molecule has 82 valence electrons. The molecule has 0 bridgehead atoms. The van der Waals surface area contributed by atoms with E-state index in [4.69, 9.17) is 0 Å². The van der Waals surface area contributed by atoms with Gasteiger partial charge >= 0.3 is 0 Å². The van der Waals surface area contributed by atoms with Crippen LogP contribution >= 0.6 is 0 Å². The number of hydrogen-bond acceptors (Lipinski definition) is 1. The summed E-state index contributed by atoms with van der Waals surface area (Å²) in [7, 11) is 0. The zero-order valence-corrected chi connectivity index (χ0v) is 9.75. The van der Waals surface area contributed by atoms with Crippen LogP contribution in [0.5, 0.6) is 0 Å². The van der Waals surface area contributed by atoms with Gasteiger partial charge in [0, 0.05) is 12.0 Å². The van der Waals surface area contributed by atoms with Crippen molar-refractivity contribution in [3.8, 4) is 0 Å². The van der Waals surface area contributed by atoms with Gasteiger partial charge in [-0.1, -0.05) is 51.0 Å². The van der Waals surface area contributed by atoms with Crippen molar-refractivity contribution in [1.29, 1.82) is 0 Å². The Hall–Kier alpha value is -1.11. The lowest BCUT2D eigenvalue weighted by molar-refractivity contribution is 0.0988. The van der Waals surface area contributed by atoms with E-state index in [2.05, 4.69) is 19.1 Å². The Balaban J connectivity index is 2.52. The van der Waals surface area contributed by atoms with Crippen LogP contribution in [0.3, 0.4) is 0 Å². The zero-order chi connectivity index (χ0) is 11.1. The number of aryl methyl sites for hydroxylation is 1. The van der Waals surface area contributed by atoms with Crippen LogP contribution in [0.1, 0.15) is 55.5 Å². The molecule has 0 heterocycles. The minimum atomic E-state index is 0.232. The summed E-state index contributed by atoms with van der Waals surface area (Å²) in [4.78, 5) is 11.4. The second kappa shape index (κ2) is 6.39. The molecule has 0 atom stereocenters. The molecule has 15 heavy (non-hydrogen) atoms. The molecule has 1 aromatic rings. The van der Waals surface area contributed by atoms with E-state index in [0.717, 1.165) is 12.0 Å². The van der Waals surface area contributed by atoms with Crippen molar-refractivity contribution in [2.45, 2.75) is 46.0 Å². The van der Waals surface area contributed by atoms with E-state index in [1.165, 1.54) is 24.8 Å².